The molecular formula is C23H22FN3O3S. The number of thiophene rings is 1. The molecule has 31 heavy (non-hydrogen) atoms. The standard InChI is InChI=1S/C23H22FN3O3S/c1-15-11-20(26-22(28)16-5-4-6-17(24)12-16)31-21(15)23(29)27-10-8-19(13-27)30-14-18-7-2-3-9-25-18/h2-7,9,11-12,19H,8,10,13-14H2,1H3,(H,26,28). The topological polar surface area (TPSA) is 71.5 Å². The lowest BCUT2D eigenvalue weighted by atomic mass is 10.2. The zero-order valence-corrected chi connectivity index (χ0v) is 17.8. The van der Waals surface area contributed by atoms with Gasteiger partial charge in [0.05, 0.1) is 28.3 Å². The lowest BCUT2D eigenvalue weighted by Crippen LogP contribution is -2.30. The number of pyridine rings is 1. The molecule has 2 amide bonds. The van der Waals surface area contributed by atoms with Crippen LogP contribution in [0.1, 0.15) is 37.7 Å². The maximum absolute atomic E-state index is 13.4. The van der Waals surface area contributed by atoms with Gasteiger partial charge in [-0.05, 0) is 55.3 Å². The molecule has 1 fully saturated rings. The summed E-state index contributed by atoms with van der Waals surface area (Å²) in [4.78, 5) is 32.0. The molecule has 1 aliphatic rings. The van der Waals surface area contributed by atoms with E-state index >= 15 is 0 Å². The van der Waals surface area contributed by atoms with E-state index in [4.69, 9.17) is 4.74 Å². The summed E-state index contributed by atoms with van der Waals surface area (Å²) in [5.74, 6) is -0.957. The summed E-state index contributed by atoms with van der Waals surface area (Å²) in [6.07, 6.45) is 2.47. The Morgan fingerprint density at radius 1 is 1.26 bits per heavy atom. The molecular weight excluding hydrogens is 417 g/mol. The van der Waals surface area contributed by atoms with Crippen LogP contribution in [0.4, 0.5) is 9.39 Å². The van der Waals surface area contributed by atoms with Crippen LogP contribution in [0.25, 0.3) is 0 Å². The number of nitrogens with one attached hydrogen (secondary N) is 1. The van der Waals surface area contributed by atoms with Gasteiger partial charge in [0.25, 0.3) is 11.8 Å². The van der Waals surface area contributed by atoms with E-state index in [1.807, 2.05) is 25.1 Å². The number of aryl methyl sites for hydroxylation is 1. The van der Waals surface area contributed by atoms with Gasteiger partial charge in [-0.2, -0.15) is 0 Å². The normalized spacial score (nSPS) is 15.8. The molecule has 1 unspecified atom stereocenters. The Morgan fingerprint density at radius 2 is 2.13 bits per heavy atom. The van der Waals surface area contributed by atoms with Crippen LogP contribution in [0.3, 0.4) is 0 Å². The quantitative estimate of drug-likeness (QED) is 0.623. The first-order chi connectivity index (χ1) is 15.0. The molecule has 3 aromatic rings. The van der Waals surface area contributed by atoms with Gasteiger partial charge >= 0.3 is 0 Å². The van der Waals surface area contributed by atoms with E-state index in [0.29, 0.717) is 29.6 Å². The Hall–Kier alpha value is -3.10. The SMILES string of the molecule is Cc1cc(NC(=O)c2cccc(F)c2)sc1C(=O)N1CCC(OCc2ccccn2)C1. The lowest BCUT2D eigenvalue weighted by molar-refractivity contribution is 0.0423. The predicted molar refractivity (Wildman–Crippen MR) is 117 cm³/mol. The maximum atomic E-state index is 13.4. The number of carbonyl (C=O) groups excluding carboxylic acids is 2. The summed E-state index contributed by atoms with van der Waals surface area (Å²) >= 11 is 1.23. The average Bonchev–Trinajstić information content (AvgIpc) is 3.39. The van der Waals surface area contributed by atoms with E-state index < -0.39 is 11.7 Å². The van der Waals surface area contributed by atoms with Crippen LogP contribution in [0, 0.1) is 12.7 Å². The number of carbonyl (C=O) groups is 2. The van der Waals surface area contributed by atoms with Crippen molar-refractivity contribution in [2.24, 2.45) is 0 Å². The Labute approximate surface area is 183 Å². The summed E-state index contributed by atoms with van der Waals surface area (Å²) in [6, 6.07) is 12.9. The number of rotatable bonds is 6. The highest BCUT2D eigenvalue weighted by molar-refractivity contribution is 7.18. The molecule has 1 atom stereocenters. The number of likely N-dealkylation sites (tertiary alicyclic amines) is 1. The van der Waals surface area contributed by atoms with Gasteiger partial charge in [0, 0.05) is 24.8 Å². The molecule has 4 rings (SSSR count). The summed E-state index contributed by atoms with van der Waals surface area (Å²) in [5.41, 5.74) is 1.88. The minimum atomic E-state index is -0.472. The highest BCUT2D eigenvalue weighted by Gasteiger charge is 2.29. The van der Waals surface area contributed by atoms with Crippen LogP contribution in [0.2, 0.25) is 0 Å². The van der Waals surface area contributed by atoms with Gasteiger partial charge < -0.3 is 15.0 Å². The molecule has 0 saturated carbocycles. The third-order valence-corrected chi connectivity index (χ3v) is 6.20. The largest absolute Gasteiger partial charge is 0.370 e. The van der Waals surface area contributed by atoms with Crippen LogP contribution in [0.15, 0.2) is 54.7 Å². The van der Waals surface area contributed by atoms with Crippen molar-refractivity contribution in [2.45, 2.75) is 26.1 Å². The first kappa shape index (κ1) is 21.1. The smallest absolute Gasteiger partial charge is 0.264 e. The van der Waals surface area contributed by atoms with Gasteiger partial charge in [-0.3, -0.25) is 14.6 Å². The number of ether oxygens (including phenoxy) is 1. The second-order valence-electron chi connectivity index (χ2n) is 7.38. The fourth-order valence-corrected chi connectivity index (χ4v) is 4.48. The molecule has 8 heteroatoms. The van der Waals surface area contributed by atoms with Crippen molar-refractivity contribution < 1.29 is 18.7 Å². The number of anilines is 1. The van der Waals surface area contributed by atoms with E-state index in [9.17, 15) is 14.0 Å². The minimum absolute atomic E-state index is 0.0293. The zero-order chi connectivity index (χ0) is 21.8. The van der Waals surface area contributed by atoms with Gasteiger partial charge in [0.15, 0.2) is 0 Å². The molecule has 0 bridgehead atoms. The molecule has 3 heterocycles. The van der Waals surface area contributed by atoms with Gasteiger partial charge in [-0.1, -0.05) is 12.1 Å². The summed E-state index contributed by atoms with van der Waals surface area (Å²) < 4.78 is 19.3. The van der Waals surface area contributed by atoms with Crippen molar-refractivity contribution in [1.82, 2.24) is 9.88 Å². The monoisotopic (exact) mass is 439 g/mol. The van der Waals surface area contributed by atoms with Crippen molar-refractivity contribution >= 4 is 28.2 Å². The highest BCUT2D eigenvalue weighted by Crippen LogP contribution is 2.29. The van der Waals surface area contributed by atoms with Crippen molar-refractivity contribution in [2.75, 3.05) is 18.4 Å². The fraction of sp³-hybridized carbons (Fsp3) is 0.261. The Kier molecular flexibility index (Phi) is 6.39. The van der Waals surface area contributed by atoms with Crippen LogP contribution in [-0.4, -0.2) is 40.9 Å². The third kappa shape index (κ3) is 5.15. The number of aromatic nitrogens is 1. The lowest BCUT2D eigenvalue weighted by Gasteiger charge is -2.16. The van der Waals surface area contributed by atoms with Crippen LogP contribution < -0.4 is 5.32 Å². The molecule has 6 nitrogen and oxygen atoms in total. The first-order valence-electron chi connectivity index (χ1n) is 9.98. The Morgan fingerprint density at radius 3 is 2.90 bits per heavy atom. The van der Waals surface area contributed by atoms with E-state index in [-0.39, 0.29) is 17.6 Å². The number of hydrogen-bond donors (Lipinski definition) is 1. The Balaban J connectivity index is 1.36. The molecule has 1 aromatic carbocycles. The van der Waals surface area contributed by atoms with E-state index in [0.717, 1.165) is 17.7 Å². The number of benzene rings is 1. The average molecular weight is 440 g/mol. The van der Waals surface area contributed by atoms with Crippen molar-refractivity contribution in [3.8, 4) is 0 Å². The molecule has 1 aliphatic heterocycles. The third-order valence-electron chi connectivity index (χ3n) is 5.06. The first-order valence-corrected chi connectivity index (χ1v) is 10.8. The summed E-state index contributed by atoms with van der Waals surface area (Å²) in [5, 5.41) is 3.30. The number of halogens is 1. The maximum Gasteiger partial charge on any atom is 0.264 e. The molecule has 0 radical (unpaired) electrons. The van der Waals surface area contributed by atoms with Crippen molar-refractivity contribution in [1.29, 1.82) is 0 Å². The summed E-state index contributed by atoms with van der Waals surface area (Å²) in [6.45, 7) is 3.40. The predicted octanol–water partition coefficient (Wildman–Crippen LogP) is 4.27. The van der Waals surface area contributed by atoms with Crippen molar-refractivity contribution in [3.05, 3.63) is 82.2 Å². The van der Waals surface area contributed by atoms with Crippen molar-refractivity contribution in [3.63, 3.8) is 0 Å². The molecule has 160 valence electrons. The summed E-state index contributed by atoms with van der Waals surface area (Å²) in [7, 11) is 0. The molecule has 0 aliphatic carbocycles. The fourth-order valence-electron chi connectivity index (χ4n) is 3.45. The Bertz CT molecular complexity index is 1090. The van der Waals surface area contributed by atoms with E-state index in [2.05, 4.69) is 10.3 Å². The highest BCUT2D eigenvalue weighted by atomic mass is 32.1. The second kappa shape index (κ2) is 9.36. The van der Waals surface area contributed by atoms with Gasteiger partial charge in [0.1, 0.15) is 5.82 Å². The number of nitrogens with zero attached hydrogens (tertiary/aromatic N) is 2. The van der Waals surface area contributed by atoms with Gasteiger partial charge in [0.2, 0.25) is 0 Å². The zero-order valence-electron chi connectivity index (χ0n) is 17.0. The molecule has 2 aromatic heterocycles. The van der Waals surface area contributed by atoms with Gasteiger partial charge in [-0.25, -0.2) is 4.39 Å². The van der Waals surface area contributed by atoms with Crippen LogP contribution in [-0.2, 0) is 11.3 Å². The van der Waals surface area contributed by atoms with Crippen LogP contribution in [0.5, 0.6) is 0 Å². The van der Waals surface area contributed by atoms with E-state index in [1.165, 1.54) is 29.5 Å². The number of amides is 2. The minimum Gasteiger partial charge on any atom is -0.370 e. The molecule has 1 N–H and O–H groups in total. The molecule has 0 spiro atoms. The molecule has 1 saturated heterocycles. The second-order valence-corrected chi connectivity index (χ2v) is 8.43. The van der Waals surface area contributed by atoms with E-state index in [1.54, 1.807) is 23.2 Å². The number of hydrogen-bond acceptors (Lipinski definition) is 5. The van der Waals surface area contributed by atoms with Gasteiger partial charge in [-0.15, -0.1) is 11.3 Å². The van der Waals surface area contributed by atoms with Crippen LogP contribution >= 0.6 is 11.3 Å².